The monoisotopic (exact) mass is 248 g/mol. The first-order valence-electron chi connectivity index (χ1n) is 6.44. The summed E-state index contributed by atoms with van der Waals surface area (Å²) in [6, 6.07) is 10.0. The van der Waals surface area contributed by atoms with Gasteiger partial charge in [0.25, 0.3) is 0 Å². The van der Waals surface area contributed by atoms with Crippen LogP contribution < -0.4 is 10.6 Å². The summed E-state index contributed by atoms with van der Waals surface area (Å²) >= 11 is 0. The highest BCUT2D eigenvalue weighted by molar-refractivity contribution is 5.74. The maximum Gasteiger partial charge on any atom is 0.315 e. The second-order valence-electron chi connectivity index (χ2n) is 4.72. The van der Waals surface area contributed by atoms with Gasteiger partial charge in [0.2, 0.25) is 0 Å². The van der Waals surface area contributed by atoms with Gasteiger partial charge in [-0.1, -0.05) is 30.3 Å². The second-order valence-corrected chi connectivity index (χ2v) is 4.72. The predicted octanol–water partition coefficient (Wildman–Crippen LogP) is 2.05. The van der Waals surface area contributed by atoms with E-state index in [1.807, 2.05) is 37.3 Å². The third-order valence-corrected chi connectivity index (χ3v) is 3.12. The summed E-state index contributed by atoms with van der Waals surface area (Å²) < 4.78 is 5.45. The lowest BCUT2D eigenvalue weighted by molar-refractivity contribution is 0.0154. The van der Waals surface area contributed by atoms with E-state index >= 15 is 0 Å². The number of carbonyl (C=O) groups is 1. The summed E-state index contributed by atoms with van der Waals surface area (Å²) in [7, 11) is 0. The van der Waals surface area contributed by atoms with Gasteiger partial charge in [-0.2, -0.15) is 0 Å². The zero-order chi connectivity index (χ0) is 12.8. The van der Waals surface area contributed by atoms with Crippen molar-refractivity contribution < 1.29 is 9.53 Å². The van der Waals surface area contributed by atoms with Crippen LogP contribution in [0.5, 0.6) is 0 Å². The minimum Gasteiger partial charge on any atom is -0.378 e. The smallest absolute Gasteiger partial charge is 0.315 e. The number of nitrogens with one attached hydrogen (secondary N) is 2. The minimum atomic E-state index is -0.0991. The van der Waals surface area contributed by atoms with Gasteiger partial charge in [-0.3, -0.25) is 0 Å². The summed E-state index contributed by atoms with van der Waals surface area (Å²) in [5.41, 5.74) is 1.10. The predicted molar refractivity (Wildman–Crippen MR) is 70.2 cm³/mol. The van der Waals surface area contributed by atoms with Gasteiger partial charge in [-0.05, 0) is 25.3 Å². The SMILES string of the molecule is CC1CC(NC(=O)NCc2ccccc2)CCO1. The lowest BCUT2D eigenvalue weighted by Gasteiger charge is -2.27. The van der Waals surface area contributed by atoms with Crippen molar-refractivity contribution in [2.75, 3.05) is 6.61 Å². The minimum absolute atomic E-state index is 0.0991. The van der Waals surface area contributed by atoms with Gasteiger partial charge in [-0.25, -0.2) is 4.79 Å². The molecule has 98 valence electrons. The maximum absolute atomic E-state index is 11.7. The number of hydrogen-bond acceptors (Lipinski definition) is 2. The van der Waals surface area contributed by atoms with Gasteiger partial charge in [0.05, 0.1) is 6.10 Å². The fraction of sp³-hybridized carbons (Fsp3) is 0.500. The molecule has 1 heterocycles. The first-order chi connectivity index (χ1) is 8.74. The number of amides is 2. The van der Waals surface area contributed by atoms with Crippen LogP contribution in [0.4, 0.5) is 4.79 Å². The first kappa shape index (κ1) is 12.9. The summed E-state index contributed by atoms with van der Waals surface area (Å²) in [5, 5.41) is 5.86. The van der Waals surface area contributed by atoms with Crippen LogP contribution in [0.3, 0.4) is 0 Å². The number of ether oxygens (including phenoxy) is 1. The molecule has 4 nitrogen and oxygen atoms in total. The topological polar surface area (TPSA) is 50.4 Å². The molecule has 2 atom stereocenters. The van der Waals surface area contributed by atoms with Crippen molar-refractivity contribution in [3.63, 3.8) is 0 Å². The Bertz CT molecular complexity index is 381. The molecule has 1 aromatic rings. The summed E-state index contributed by atoms with van der Waals surface area (Å²) in [5.74, 6) is 0. The molecule has 0 bridgehead atoms. The molecule has 4 heteroatoms. The van der Waals surface area contributed by atoms with Crippen molar-refractivity contribution in [3.8, 4) is 0 Å². The normalized spacial score (nSPS) is 23.4. The van der Waals surface area contributed by atoms with Gasteiger partial charge in [0, 0.05) is 19.2 Å². The van der Waals surface area contributed by atoms with Crippen molar-refractivity contribution >= 4 is 6.03 Å². The zero-order valence-corrected chi connectivity index (χ0v) is 10.7. The van der Waals surface area contributed by atoms with E-state index in [1.165, 1.54) is 0 Å². The Labute approximate surface area is 108 Å². The molecule has 2 rings (SSSR count). The Morgan fingerprint density at radius 2 is 2.17 bits per heavy atom. The second kappa shape index (κ2) is 6.40. The molecule has 0 spiro atoms. The van der Waals surface area contributed by atoms with Crippen LogP contribution >= 0.6 is 0 Å². The highest BCUT2D eigenvalue weighted by atomic mass is 16.5. The van der Waals surface area contributed by atoms with Gasteiger partial charge >= 0.3 is 6.03 Å². The molecule has 2 N–H and O–H groups in total. The standard InChI is InChI=1S/C14H20N2O2/c1-11-9-13(7-8-18-11)16-14(17)15-10-12-5-3-2-4-6-12/h2-6,11,13H,7-10H2,1H3,(H2,15,16,17). The molecule has 1 aliphatic rings. The average Bonchev–Trinajstić information content (AvgIpc) is 2.38. The van der Waals surface area contributed by atoms with Gasteiger partial charge < -0.3 is 15.4 Å². The van der Waals surface area contributed by atoms with E-state index in [0.717, 1.165) is 25.0 Å². The Morgan fingerprint density at radius 1 is 1.39 bits per heavy atom. The number of carbonyl (C=O) groups excluding carboxylic acids is 1. The lowest BCUT2D eigenvalue weighted by Crippen LogP contribution is -2.45. The van der Waals surface area contributed by atoms with E-state index in [9.17, 15) is 4.79 Å². The zero-order valence-electron chi connectivity index (χ0n) is 10.7. The Balaban J connectivity index is 1.72. The van der Waals surface area contributed by atoms with Crippen LogP contribution in [0.1, 0.15) is 25.3 Å². The quantitative estimate of drug-likeness (QED) is 0.860. The Kier molecular flexibility index (Phi) is 4.59. The van der Waals surface area contributed by atoms with E-state index < -0.39 is 0 Å². The average molecular weight is 248 g/mol. The molecule has 1 saturated heterocycles. The molecule has 0 saturated carbocycles. The molecule has 2 amide bonds. The van der Waals surface area contributed by atoms with Crippen LogP contribution in [0.2, 0.25) is 0 Å². The molecular formula is C14H20N2O2. The number of urea groups is 1. The lowest BCUT2D eigenvalue weighted by atomic mass is 10.0. The molecule has 0 aromatic heterocycles. The van der Waals surface area contributed by atoms with Gasteiger partial charge in [0.1, 0.15) is 0 Å². The molecule has 1 aromatic carbocycles. The molecule has 1 fully saturated rings. The Hall–Kier alpha value is -1.55. The van der Waals surface area contributed by atoms with Crippen molar-refractivity contribution in [2.45, 2.75) is 38.5 Å². The van der Waals surface area contributed by atoms with E-state index in [1.54, 1.807) is 0 Å². The number of rotatable bonds is 3. The van der Waals surface area contributed by atoms with Crippen molar-refractivity contribution in [1.29, 1.82) is 0 Å². The van der Waals surface area contributed by atoms with Crippen molar-refractivity contribution in [2.24, 2.45) is 0 Å². The highest BCUT2D eigenvalue weighted by Crippen LogP contribution is 2.12. The molecule has 2 unspecified atom stereocenters. The van der Waals surface area contributed by atoms with Gasteiger partial charge in [-0.15, -0.1) is 0 Å². The first-order valence-corrected chi connectivity index (χ1v) is 6.44. The van der Waals surface area contributed by atoms with Crippen LogP contribution in [-0.2, 0) is 11.3 Å². The molecule has 18 heavy (non-hydrogen) atoms. The third-order valence-electron chi connectivity index (χ3n) is 3.12. The summed E-state index contributed by atoms with van der Waals surface area (Å²) in [6.45, 7) is 3.33. The van der Waals surface area contributed by atoms with Gasteiger partial charge in [0.15, 0.2) is 0 Å². The van der Waals surface area contributed by atoms with Crippen molar-refractivity contribution in [3.05, 3.63) is 35.9 Å². The fourth-order valence-corrected chi connectivity index (χ4v) is 2.14. The maximum atomic E-state index is 11.7. The Morgan fingerprint density at radius 3 is 2.89 bits per heavy atom. The molecule has 0 aliphatic carbocycles. The number of benzene rings is 1. The molecule has 1 aliphatic heterocycles. The molecular weight excluding hydrogens is 228 g/mol. The van der Waals surface area contributed by atoms with E-state index in [0.29, 0.717) is 6.54 Å². The van der Waals surface area contributed by atoms with E-state index in [4.69, 9.17) is 4.74 Å². The van der Waals surface area contributed by atoms with Crippen LogP contribution in [0, 0.1) is 0 Å². The fourth-order valence-electron chi connectivity index (χ4n) is 2.14. The van der Waals surface area contributed by atoms with Crippen LogP contribution in [0.25, 0.3) is 0 Å². The van der Waals surface area contributed by atoms with Crippen LogP contribution in [-0.4, -0.2) is 24.8 Å². The number of hydrogen-bond donors (Lipinski definition) is 2. The van der Waals surface area contributed by atoms with Crippen LogP contribution in [0.15, 0.2) is 30.3 Å². The highest BCUT2D eigenvalue weighted by Gasteiger charge is 2.20. The summed E-state index contributed by atoms with van der Waals surface area (Å²) in [6.07, 6.45) is 2.01. The van der Waals surface area contributed by atoms with E-state index in [2.05, 4.69) is 10.6 Å². The third kappa shape index (κ3) is 4.04. The van der Waals surface area contributed by atoms with E-state index in [-0.39, 0.29) is 18.2 Å². The molecule has 0 radical (unpaired) electrons. The largest absolute Gasteiger partial charge is 0.378 e. The summed E-state index contributed by atoms with van der Waals surface area (Å²) in [4.78, 5) is 11.7. The van der Waals surface area contributed by atoms with Crippen molar-refractivity contribution in [1.82, 2.24) is 10.6 Å².